The monoisotopic (exact) mass is 1140 g/mol. The van der Waals surface area contributed by atoms with Crippen molar-refractivity contribution in [1.82, 2.24) is 5.32 Å². The van der Waals surface area contributed by atoms with Gasteiger partial charge in [-0.05, 0) is 32.1 Å². The van der Waals surface area contributed by atoms with Crippen LogP contribution < -0.4 is 5.32 Å². The molecule has 482 valence electrons. The van der Waals surface area contributed by atoms with Crippen molar-refractivity contribution in [3.63, 3.8) is 0 Å². The summed E-state index contributed by atoms with van der Waals surface area (Å²) in [4.78, 5) is 24.6. The number of nitrogens with one attached hydrogen (secondary N) is 1. The Balaban J connectivity index is 3.38. The average molecular weight is 1140 g/mol. The molecule has 6 nitrogen and oxygen atoms in total. The largest absolute Gasteiger partial charge is 0.466 e. The lowest BCUT2D eigenvalue weighted by molar-refractivity contribution is -0.143. The summed E-state index contributed by atoms with van der Waals surface area (Å²) in [6.07, 6.45) is 88.8. The molecule has 0 aliphatic carbocycles. The molecule has 0 rings (SSSR count). The van der Waals surface area contributed by atoms with Gasteiger partial charge in [-0.15, -0.1) is 0 Å². The van der Waals surface area contributed by atoms with Crippen molar-refractivity contribution in [3.05, 3.63) is 12.2 Å². The number of rotatable bonds is 71. The highest BCUT2D eigenvalue weighted by Gasteiger charge is 2.18. The second-order valence-corrected chi connectivity index (χ2v) is 26.0. The maximum Gasteiger partial charge on any atom is 0.305 e. The lowest BCUT2D eigenvalue weighted by atomic mass is 10.0. The second-order valence-electron chi connectivity index (χ2n) is 26.0. The summed E-state index contributed by atoms with van der Waals surface area (Å²) in [7, 11) is 0. The van der Waals surface area contributed by atoms with Crippen LogP contribution in [0, 0.1) is 0 Å². The molecule has 0 saturated heterocycles. The first-order valence-electron chi connectivity index (χ1n) is 37.5. The van der Waals surface area contributed by atoms with Crippen LogP contribution in [0.4, 0.5) is 0 Å². The van der Waals surface area contributed by atoms with Crippen LogP contribution in [0.1, 0.15) is 431 Å². The van der Waals surface area contributed by atoms with Crippen molar-refractivity contribution >= 4 is 11.9 Å². The van der Waals surface area contributed by atoms with Gasteiger partial charge < -0.3 is 20.3 Å². The van der Waals surface area contributed by atoms with E-state index in [1.54, 1.807) is 6.08 Å². The lowest BCUT2D eigenvalue weighted by Gasteiger charge is -2.20. The molecule has 0 spiro atoms. The first-order valence-corrected chi connectivity index (χ1v) is 37.5. The van der Waals surface area contributed by atoms with Gasteiger partial charge in [0.15, 0.2) is 0 Å². The van der Waals surface area contributed by atoms with E-state index in [4.69, 9.17) is 4.74 Å². The van der Waals surface area contributed by atoms with E-state index in [9.17, 15) is 19.8 Å². The molecule has 2 unspecified atom stereocenters. The molecule has 0 radical (unpaired) electrons. The van der Waals surface area contributed by atoms with Crippen molar-refractivity contribution in [2.24, 2.45) is 0 Å². The molecule has 0 bridgehead atoms. The fourth-order valence-corrected chi connectivity index (χ4v) is 12.1. The van der Waals surface area contributed by atoms with Crippen molar-refractivity contribution < 1.29 is 24.5 Å². The summed E-state index contributed by atoms with van der Waals surface area (Å²) >= 11 is 0. The molecule has 0 aromatic heterocycles. The van der Waals surface area contributed by atoms with Gasteiger partial charge in [0, 0.05) is 12.8 Å². The highest BCUT2D eigenvalue weighted by Crippen LogP contribution is 2.20. The Morgan fingerprint density at radius 2 is 0.568 bits per heavy atom. The zero-order valence-corrected chi connectivity index (χ0v) is 55.3. The fourth-order valence-electron chi connectivity index (χ4n) is 12.1. The quantitative estimate of drug-likeness (QED) is 0.0320. The van der Waals surface area contributed by atoms with Crippen LogP contribution in [-0.2, 0) is 14.3 Å². The smallest absolute Gasteiger partial charge is 0.305 e. The number of unbranched alkanes of at least 4 members (excludes halogenated alkanes) is 60. The number of carbonyl (C=O) groups is 2. The Bertz CT molecular complexity index is 1220. The molecule has 6 heteroatoms. The standard InChI is InChI=1S/C75H147NO5/c1-3-5-7-9-11-13-15-17-19-20-21-22-23-25-28-31-34-37-40-43-47-51-55-59-63-67-73(78)72(71-77)76-74(79)68-64-60-56-52-48-44-41-38-35-32-29-26-24-27-30-33-36-39-42-46-50-54-58-62-66-70-81-75(80)69-65-61-57-53-49-45-18-16-14-12-10-8-6-4-2/h63,67,72-73,77-78H,3-62,64-66,68-71H2,1-2H3,(H,76,79)/b67-63+. The molecule has 2 atom stereocenters. The minimum atomic E-state index is -0.844. The molecule has 3 N–H and O–H groups in total. The minimum absolute atomic E-state index is 0.0195. The first kappa shape index (κ1) is 79.6. The summed E-state index contributed by atoms with van der Waals surface area (Å²) < 4.78 is 5.50. The maximum atomic E-state index is 12.5. The number of amides is 1. The number of hydrogen-bond acceptors (Lipinski definition) is 5. The van der Waals surface area contributed by atoms with Gasteiger partial charge >= 0.3 is 5.97 Å². The van der Waals surface area contributed by atoms with Crippen LogP contribution in [0.3, 0.4) is 0 Å². The highest BCUT2D eigenvalue weighted by atomic mass is 16.5. The van der Waals surface area contributed by atoms with E-state index in [1.807, 2.05) is 6.08 Å². The topological polar surface area (TPSA) is 95.9 Å². The van der Waals surface area contributed by atoms with Gasteiger partial charge in [0.1, 0.15) is 0 Å². The summed E-state index contributed by atoms with van der Waals surface area (Å²) in [6, 6.07) is -0.627. The predicted octanol–water partition coefficient (Wildman–Crippen LogP) is 24.3. The zero-order valence-electron chi connectivity index (χ0n) is 55.3. The van der Waals surface area contributed by atoms with E-state index in [2.05, 4.69) is 19.2 Å². The Labute approximate surface area is 508 Å². The first-order chi connectivity index (χ1) is 40.0. The van der Waals surface area contributed by atoms with Crippen LogP contribution in [0.15, 0.2) is 12.2 Å². The van der Waals surface area contributed by atoms with Gasteiger partial charge in [-0.2, -0.15) is 0 Å². The number of carbonyl (C=O) groups excluding carboxylic acids is 2. The van der Waals surface area contributed by atoms with Gasteiger partial charge in [0.05, 0.1) is 25.4 Å². The molecule has 0 saturated carbocycles. The third-order valence-corrected chi connectivity index (χ3v) is 17.8. The van der Waals surface area contributed by atoms with E-state index in [-0.39, 0.29) is 18.5 Å². The summed E-state index contributed by atoms with van der Waals surface area (Å²) in [6.45, 7) is 4.96. The number of hydrogen-bond donors (Lipinski definition) is 3. The van der Waals surface area contributed by atoms with Crippen molar-refractivity contribution in [2.75, 3.05) is 13.2 Å². The second kappa shape index (κ2) is 71.1. The van der Waals surface area contributed by atoms with Crippen molar-refractivity contribution in [3.8, 4) is 0 Å². The Hall–Kier alpha value is -1.40. The molecular weight excluding hydrogens is 995 g/mol. The normalized spacial score (nSPS) is 12.5. The summed E-state index contributed by atoms with van der Waals surface area (Å²) in [5.74, 6) is -0.0411. The summed E-state index contributed by atoms with van der Waals surface area (Å²) in [5, 5.41) is 23.3. The lowest BCUT2D eigenvalue weighted by Crippen LogP contribution is -2.45. The third-order valence-electron chi connectivity index (χ3n) is 17.8. The van der Waals surface area contributed by atoms with Crippen LogP contribution in [0.25, 0.3) is 0 Å². The van der Waals surface area contributed by atoms with Gasteiger partial charge in [-0.3, -0.25) is 9.59 Å². The van der Waals surface area contributed by atoms with Crippen molar-refractivity contribution in [1.29, 1.82) is 0 Å². The number of ether oxygens (including phenoxy) is 1. The molecular formula is C75H147NO5. The Kier molecular flexibility index (Phi) is 69.9. The number of allylic oxidation sites excluding steroid dienone is 1. The Morgan fingerprint density at radius 1 is 0.333 bits per heavy atom. The van der Waals surface area contributed by atoms with Gasteiger partial charge in [0.25, 0.3) is 0 Å². The maximum absolute atomic E-state index is 12.5. The fraction of sp³-hybridized carbons (Fsp3) is 0.947. The highest BCUT2D eigenvalue weighted by molar-refractivity contribution is 5.76. The third kappa shape index (κ3) is 67.6. The molecule has 81 heavy (non-hydrogen) atoms. The molecule has 0 heterocycles. The zero-order chi connectivity index (χ0) is 58.5. The van der Waals surface area contributed by atoms with Crippen molar-refractivity contribution in [2.45, 2.75) is 443 Å². The average Bonchev–Trinajstić information content (AvgIpc) is 3.47. The molecule has 0 aliphatic heterocycles. The van der Waals surface area contributed by atoms with Gasteiger partial charge in [-0.25, -0.2) is 0 Å². The van der Waals surface area contributed by atoms with E-state index in [0.29, 0.717) is 19.4 Å². The van der Waals surface area contributed by atoms with E-state index in [0.717, 1.165) is 38.5 Å². The van der Waals surface area contributed by atoms with Crippen LogP contribution in [0.2, 0.25) is 0 Å². The van der Waals surface area contributed by atoms with Crippen LogP contribution >= 0.6 is 0 Å². The molecule has 0 aromatic carbocycles. The number of aliphatic hydroxyl groups is 2. The minimum Gasteiger partial charge on any atom is -0.466 e. The van der Waals surface area contributed by atoms with Crippen LogP contribution in [0.5, 0.6) is 0 Å². The number of esters is 1. The molecule has 0 aromatic rings. The van der Waals surface area contributed by atoms with Gasteiger partial charge in [0.2, 0.25) is 5.91 Å². The predicted molar refractivity (Wildman–Crippen MR) is 357 cm³/mol. The van der Waals surface area contributed by atoms with Gasteiger partial charge in [-0.1, -0.05) is 398 Å². The van der Waals surface area contributed by atoms with E-state index >= 15 is 0 Å². The molecule has 1 amide bonds. The van der Waals surface area contributed by atoms with Crippen LogP contribution in [-0.4, -0.2) is 47.4 Å². The number of aliphatic hydroxyl groups excluding tert-OH is 2. The Morgan fingerprint density at radius 3 is 0.840 bits per heavy atom. The SMILES string of the molecule is CCCCCCCCCCCCCCCCCCCCCCCCC/C=C/C(O)C(CO)NC(=O)CCCCCCCCCCCCCCCCCCCCCCCCCCCOC(=O)CCCCCCCCCCCCCCCC. The summed E-state index contributed by atoms with van der Waals surface area (Å²) in [5.41, 5.74) is 0. The molecule has 0 aliphatic rings. The van der Waals surface area contributed by atoms with E-state index < -0.39 is 12.1 Å². The molecule has 0 fully saturated rings. The van der Waals surface area contributed by atoms with E-state index in [1.165, 1.54) is 366 Å².